The number of carbonyl (C=O) groups is 3. The minimum absolute atomic E-state index is 0.0420. The predicted molar refractivity (Wildman–Crippen MR) is 166 cm³/mol. The maximum atomic E-state index is 14.1. The Morgan fingerprint density at radius 3 is 2.41 bits per heavy atom. The average Bonchev–Trinajstić information content (AvgIpc) is 2.91. The first-order valence-electron chi connectivity index (χ1n) is 13.4. The molecule has 0 radical (unpaired) electrons. The van der Waals surface area contributed by atoms with E-state index < -0.39 is 35.6 Å². The zero-order chi connectivity index (χ0) is 30.2. The van der Waals surface area contributed by atoms with Crippen LogP contribution in [0.15, 0.2) is 73.3 Å². The number of aryl methyl sites for hydroxylation is 1. The molecule has 0 heterocycles. The highest BCUT2D eigenvalue weighted by atomic mass is 32.2. The van der Waals surface area contributed by atoms with Gasteiger partial charge in [0, 0.05) is 12.2 Å². The summed E-state index contributed by atoms with van der Waals surface area (Å²) >= 11 is 1.54. The van der Waals surface area contributed by atoms with Gasteiger partial charge in [0.15, 0.2) is 0 Å². The number of alkyl carbamates (subject to hydrolysis) is 1. The summed E-state index contributed by atoms with van der Waals surface area (Å²) < 4.78 is 5.42. The van der Waals surface area contributed by atoms with Gasteiger partial charge in [-0.15, -0.1) is 6.58 Å². The van der Waals surface area contributed by atoms with Gasteiger partial charge in [0.05, 0.1) is 0 Å². The fraction of sp³-hybridized carbons (Fsp3) is 0.344. The van der Waals surface area contributed by atoms with Crippen molar-refractivity contribution >= 4 is 46.1 Å². The number of carbonyl (C=O) groups excluding carboxylic acids is 3. The topological polar surface area (TPSA) is 108 Å². The summed E-state index contributed by atoms with van der Waals surface area (Å²) in [6.07, 6.45) is 3.07. The van der Waals surface area contributed by atoms with Gasteiger partial charge in [-0.25, -0.2) is 4.79 Å². The summed E-state index contributed by atoms with van der Waals surface area (Å²) in [7, 11) is 0. The minimum Gasteiger partial charge on any atom is -0.508 e. The van der Waals surface area contributed by atoms with Crippen LogP contribution in [-0.2, 0) is 14.3 Å². The molecule has 218 valence electrons. The first kappa shape index (κ1) is 31.5. The highest BCUT2D eigenvalue weighted by Crippen LogP contribution is 2.29. The van der Waals surface area contributed by atoms with E-state index in [1.807, 2.05) is 48.7 Å². The normalized spacial score (nSPS) is 12.7. The second-order valence-corrected chi connectivity index (χ2v) is 11.7. The molecule has 0 saturated heterocycles. The number of rotatable bonds is 11. The Morgan fingerprint density at radius 2 is 1.78 bits per heavy atom. The number of nitrogens with zero attached hydrogens (tertiary/aromatic N) is 1. The molecule has 0 aromatic heterocycles. The fourth-order valence-corrected chi connectivity index (χ4v) is 4.88. The number of thioether (sulfide) groups is 1. The zero-order valence-electron chi connectivity index (χ0n) is 24.3. The van der Waals surface area contributed by atoms with Gasteiger partial charge >= 0.3 is 6.09 Å². The Morgan fingerprint density at radius 1 is 1.07 bits per heavy atom. The summed E-state index contributed by atoms with van der Waals surface area (Å²) in [6, 6.07) is 16.2. The summed E-state index contributed by atoms with van der Waals surface area (Å²) in [5.41, 5.74) is 0.896. The molecular weight excluding hydrogens is 538 g/mol. The van der Waals surface area contributed by atoms with E-state index in [1.54, 1.807) is 45.9 Å². The number of phenols is 1. The zero-order valence-corrected chi connectivity index (χ0v) is 25.1. The van der Waals surface area contributed by atoms with Crippen LogP contribution in [0.25, 0.3) is 10.8 Å². The lowest BCUT2D eigenvalue weighted by Crippen LogP contribution is -2.52. The number of fused-ring (bicyclic) bond motifs is 1. The van der Waals surface area contributed by atoms with Gasteiger partial charge in [-0.05, 0) is 92.3 Å². The fourth-order valence-electron chi connectivity index (χ4n) is 4.40. The number of amides is 3. The highest BCUT2D eigenvalue weighted by Gasteiger charge is 2.36. The van der Waals surface area contributed by atoms with Gasteiger partial charge in [0.25, 0.3) is 5.91 Å². The van der Waals surface area contributed by atoms with E-state index >= 15 is 0 Å². The number of benzene rings is 3. The predicted octanol–water partition coefficient (Wildman–Crippen LogP) is 6.19. The SMILES string of the molecule is C=CCN(C(=O)C(CCSC)NC(=O)OC(C)(C)C)C(C(=O)Nc1ccc2ccccc2c1)c1ccc(O)c(C)c1. The molecule has 41 heavy (non-hydrogen) atoms. The van der Waals surface area contributed by atoms with Crippen molar-refractivity contribution in [1.82, 2.24) is 10.2 Å². The van der Waals surface area contributed by atoms with Crippen molar-refractivity contribution in [2.75, 3.05) is 23.9 Å². The molecule has 3 aromatic rings. The van der Waals surface area contributed by atoms with E-state index in [2.05, 4.69) is 17.2 Å². The highest BCUT2D eigenvalue weighted by molar-refractivity contribution is 7.98. The van der Waals surface area contributed by atoms with E-state index in [0.717, 1.165) is 10.8 Å². The van der Waals surface area contributed by atoms with Crippen LogP contribution in [0.2, 0.25) is 0 Å². The van der Waals surface area contributed by atoms with E-state index in [-0.39, 0.29) is 12.3 Å². The lowest BCUT2D eigenvalue weighted by atomic mass is 9.99. The van der Waals surface area contributed by atoms with Gasteiger partial charge in [-0.3, -0.25) is 9.59 Å². The maximum Gasteiger partial charge on any atom is 0.408 e. The molecular formula is C32H39N3O5S. The molecule has 0 bridgehead atoms. The lowest BCUT2D eigenvalue weighted by Gasteiger charge is -2.34. The van der Waals surface area contributed by atoms with E-state index in [1.165, 1.54) is 22.7 Å². The number of hydrogen-bond donors (Lipinski definition) is 3. The van der Waals surface area contributed by atoms with Crippen molar-refractivity contribution in [3.8, 4) is 5.75 Å². The van der Waals surface area contributed by atoms with Crippen LogP contribution < -0.4 is 10.6 Å². The number of hydrogen-bond acceptors (Lipinski definition) is 6. The van der Waals surface area contributed by atoms with Crippen molar-refractivity contribution < 1.29 is 24.2 Å². The Kier molecular flexibility index (Phi) is 10.8. The summed E-state index contributed by atoms with van der Waals surface area (Å²) in [4.78, 5) is 42.2. The maximum absolute atomic E-state index is 14.1. The van der Waals surface area contributed by atoms with Gasteiger partial charge in [-0.2, -0.15) is 11.8 Å². The van der Waals surface area contributed by atoms with Gasteiger partial charge in [0.2, 0.25) is 5.91 Å². The molecule has 0 aliphatic carbocycles. The smallest absolute Gasteiger partial charge is 0.408 e. The second kappa shape index (κ2) is 14.1. The first-order valence-corrected chi connectivity index (χ1v) is 14.8. The Bertz CT molecular complexity index is 1400. The van der Waals surface area contributed by atoms with Crippen molar-refractivity contribution in [3.05, 3.63) is 84.4 Å². The van der Waals surface area contributed by atoms with Gasteiger partial charge in [-0.1, -0.05) is 42.5 Å². The molecule has 0 spiro atoms. The molecule has 0 fully saturated rings. The summed E-state index contributed by atoms with van der Waals surface area (Å²) in [5, 5.41) is 17.8. The minimum atomic E-state index is -1.08. The first-order chi connectivity index (χ1) is 19.4. The third-order valence-corrected chi connectivity index (χ3v) is 6.97. The number of anilines is 1. The molecule has 8 nitrogen and oxygen atoms in total. The van der Waals surface area contributed by atoms with Crippen molar-refractivity contribution in [1.29, 1.82) is 0 Å². The number of aromatic hydroxyl groups is 1. The molecule has 0 aliphatic rings. The van der Waals surface area contributed by atoms with Crippen LogP contribution in [-0.4, -0.2) is 58.1 Å². The number of ether oxygens (including phenoxy) is 1. The molecule has 3 N–H and O–H groups in total. The van der Waals surface area contributed by atoms with Crippen molar-refractivity contribution in [2.45, 2.75) is 51.8 Å². The van der Waals surface area contributed by atoms with E-state index in [0.29, 0.717) is 29.0 Å². The number of phenolic OH excluding ortho intramolecular Hbond substituents is 1. The molecule has 0 aliphatic heterocycles. The van der Waals surface area contributed by atoms with Gasteiger partial charge in [0.1, 0.15) is 23.4 Å². The third kappa shape index (κ3) is 8.75. The lowest BCUT2D eigenvalue weighted by molar-refractivity contribution is -0.140. The molecule has 3 amide bonds. The van der Waals surface area contributed by atoms with Gasteiger partial charge < -0.3 is 25.4 Å². The van der Waals surface area contributed by atoms with Crippen LogP contribution in [0.3, 0.4) is 0 Å². The average molecular weight is 578 g/mol. The second-order valence-electron chi connectivity index (χ2n) is 10.8. The Balaban J connectivity index is 2.02. The van der Waals surface area contributed by atoms with Crippen LogP contribution in [0, 0.1) is 6.92 Å². The van der Waals surface area contributed by atoms with Crippen molar-refractivity contribution in [2.24, 2.45) is 0 Å². The van der Waals surface area contributed by atoms with Crippen LogP contribution in [0.4, 0.5) is 10.5 Å². The third-order valence-electron chi connectivity index (χ3n) is 6.32. The van der Waals surface area contributed by atoms with Crippen LogP contribution in [0.5, 0.6) is 5.75 Å². The molecule has 2 atom stereocenters. The molecule has 3 aromatic carbocycles. The molecule has 2 unspecified atom stereocenters. The van der Waals surface area contributed by atoms with Crippen LogP contribution >= 0.6 is 11.8 Å². The summed E-state index contributed by atoms with van der Waals surface area (Å²) in [6.45, 7) is 10.8. The van der Waals surface area contributed by atoms with Crippen molar-refractivity contribution in [3.63, 3.8) is 0 Å². The largest absolute Gasteiger partial charge is 0.508 e. The standard InChI is InChI=1S/C32H39N3O5S/c1-7-17-35(30(38)26(16-18-41-6)34-31(39)40-32(3,4)5)28(24-13-15-27(36)21(2)19-24)29(37)33-25-14-12-22-10-8-9-11-23(22)20-25/h7-15,19-20,26,28,36H,1,16-18H2,2-6H3,(H,33,37)(H,34,39). The molecule has 0 saturated carbocycles. The Labute approximate surface area is 246 Å². The van der Waals surface area contributed by atoms with E-state index in [4.69, 9.17) is 4.74 Å². The number of nitrogens with one attached hydrogen (secondary N) is 2. The van der Waals surface area contributed by atoms with Crippen LogP contribution in [0.1, 0.15) is 44.4 Å². The Hall–Kier alpha value is -3.98. The molecule has 9 heteroatoms. The quantitative estimate of drug-likeness (QED) is 0.235. The monoisotopic (exact) mass is 577 g/mol. The molecule has 3 rings (SSSR count). The van der Waals surface area contributed by atoms with E-state index in [9.17, 15) is 19.5 Å². The summed E-state index contributed by atoms with van der Waals surface area (Å²) in [5.74, 6) is -0.218.